The van der Waals surface area contributed by atoms with Gasteiger partial charge in [-0.3, -0.25) is 4.98 Å². The van der Waals surface area contributed by atoms with Crippen molar-refractivity contribution < 1.29 is 8.42 Å². The van der Waals surface area contributed by atoms with Gasteiger partial charge in [0.2, 0.25) is 0 Å². The number of fused-ring (bicyclic) bond motifs is 3. The highest BCUT2D eigenvalue weighted by Gasteiger charge is 2.33. The summed E-state index contributed by atoms with van der Waals surface area (Å²) in [7, 11) is -2.86. The Balaban J connectivity index is 1.99. The van der Waals surface area contributed by atoms with Crippen LogP contribution in [0, 0.1) is 0 Å². The minimum absolute atomic E-state index is 0.102. The third kappa shape index (κ3) is 1.97. The van der Waals surface area contributed by atoms with Crippen molar-refractivity contribution in [1.82, 2.24) is 4.98 Å². The van der Waals surface area contributed by atoms with E-state index in [2.05, 4.69) is 15.2 Å². The number of hydrogen-bond acceptors (Lipinski definition) is 5. The number of anilines is 2. The first-order valence-electron chi connectivity index (χ1n) is 5.81. The van der Waals surface area contributed by atoms with Crippen molar-refractivity contribution >= 4 is 21.2 Å². The maximum atomic E-state index is 11.7. The molecule has 3 rings (SSSR count). The quantitative estimate of drug-likeness (QED) is 0.729. The van der Waals surface area contributed by atoms with E-state index in [4.69, 9.17) is 0 Å². The zero-order chi connectivity index (χ0) is 11.9. The Bertz CT molecular complexity index is 529. The molecular weight excluding hydrogens is 238 g/mol. The van der Waals surface area contributed by atoms with E-state index in [1.54, 1.807) is 12.4 Å². The molecule has 1 atom stereocenters. The number of nitrogens with zero attached hydrogens (tertiary/aromatic N) is 2. The van der Waals surface area contributed by atoms with Gasteiger partial charge in [0.15, 0.2) is 9.84 Å². The first kappa shape index (κ1) is 10.8. The van der Waals surface area contributed by atoms with Crippen LogP contribution in [0.5, 0.6) is 0 Å². The van der Waals surface area contributed by atoms with Crippen LogP contribution in [0.2, 0.25) is 0 Å². The van der Waals surface area contributed by atoms with Crippen molar-refractivity contribution in [3.8, 4) is 0 Å². The zero-order valence-electron chi connectivity index (χ0n) is 9.46. The SMILES string of the molecule is O=S1(=O)CCN2c3ccncc3NCCC2C1. The van der Waals surface area contributed by atoms with Crippen LogP contribution in [0.1, 0.15) is 6.42 Å². The average Bonchev–Trinajstić information content (AvgIpc) is 2.46. The Morgan fingerprint density at radius 2 is 2.35 bits per heavy atom. The van der Waals surface area contributed by atoms with Crippen LogP contribution in [-0.2, 0) is 9.84 Å². The fourth-order valence-corrected chi connectivity index (χ4v) is 4.16. The van der Waals surface area contributed by atoms with Crippen LogP contribution < -0.4 is 10.2 Å². The molecule has 6 heteroatoms. The van der Waals surface area contributed by atoms with Crippen molar-refractivity contribution in [2.45, 2.75) is 12.5 Å². The molecule has 0 aromatic carbocycles. The Kier molecular flexibility index (Phi) is 2.47. The fraction of sp³-hybridized carbons (Fsp3) is 0.545. The Morgan fingerprint density at radius 3 is 3.24 bits per heavy atom. The zero-order valence-corrected chi connectivity index (χ0v) is 10.3. The minimum Gasteiger partial charge on any atom is -0.382 e. The molecule has 3 heterocycles. The lowest BCUT2D eigenvalue weighted by molar-refractivity contribution is 0.550. The summed E-state index contributed by atoms with van der Waals surface area (Å²) in [5.41, 5.74) is 2.09. The van der Waals surface area contributed by atoms with Crippen molar-refractivity contribution in [1.29, 1.82) is 0 Å². The van der Waals surface area contributed by atoms with Gasteiger partial charge in [-0.1, -0.05) is 0 Å². The Hall–Kier alpha value is -1.30. The van der Waals surface area contributed by atoms with Crippen LogP contribution >= 0.6 is 0 Å². The van der Waals surface area contributed by atoms with E-state index in [9.17, 15) is 8.42 Å². The molecule has 0 saturated carbocycles. The van der Waals surface area contributed by atoms with Gasteiger partial charge in [0.05, 0.1) is 29.1 Å². The summed E-state index contributed by atoms with van der Waals surface area (Å²) in [5, 5.41) is 3.31. The summed E-state index contributed by atoms with van der Waals surface area (Å²) < 4.78 is 23.3. The lowest BCUT2D eigenvalue weighted by Crippen LogP contribution is -2.48. The minimum atomic E-state index is -2.86. The first-order valence-corrected chi connectivity index (χ1v) is 7.63. The van der Waals surface area contributed by atoms with Crippen LogP contribution in [-0.4, -0.2) is 44.0 Å². The molecule has 1 fully saturated rings. The van der Waals surface area contributed by atoms with Gasteiger partial charge < -0.3 is 10.2 Å². The molecule has 1 aromatic heterocycles. The fourth-order valence-electron chi connectivity index (χ4n) is 2.59. The second kappa shape index (κ2) is 3.87. The van der Waals surface area contributed by atoms with E-state index in [-0.39, 0.29) is 17.5 Å². The number of pyridine rings is 1. The maximum absolute atomic E-state index is 11.7. The van der Waals surface area contributed by atoms with Gasteiger partial charge in [-0.25, -0.2) is 8.42 Å². The smallest absolute Gasteiger partial charge is 0.154 e. The normalized spacial score (nSPS) is 26.4. The topological polar surface area (TPSA) is 62.3 Å². The molecule has 0 aliphatic carbocycles. The van der Waals surface area contributed by atoms with Crippen molar-refractivity contribution in [2.75, 3.05) is 34.8 Å². The van der Waals surface area contributed by atoms with E-state index < -0.39 is 9.84 Å². The molecule has 2 aliphatic heterocycles. The summed E-state index contributed by atoms with van der Waals surface area (Å²) in [6.07, 6.45) is 4.42. The van der Waals surface area contributed by atoms with Gasteiger partial charge in [-0.05, 0) is 12.5 Å². The Morgan fingerprint density at radius 1 is 1.47 bits per heavy atom. The van der Waals surface area contributed by atoms with Gasteiger partial charge in [0, 0.05) is 25.3 Å². The highest BCUT2D eigenvalue weighted by Crippen LogP contribution is 2.32. The molecule has 1 unspecified atom stereocenters. The highest BCUT2D eigenvalue weighted by molar-refractivity contribution is 7.91. The third-order valence-corrected chi connectivity index (χ3v) is 5.13. The van der Waals surface area contributed by atoms with Crippen LogP contribution in [0.25, 0.3) is 0 Å². The maximum Gasteiger partial charge on any atom is 0.154 e. The largest absolute Gasteiger partial charge is 0.382 e. The summed E-state index contributed by atoms with van der Waals surface area (Å²) in [4.78, 5) is 6.30. The molecule has 1 aromatic rings. The molecule has 17 heavy (non-hydrogen) atoms. The first-order chi connectivity index (χ1) is 8.16. The molecule has 0 spiro atoms. The van der Waals surface area contributed by atoms with Crippen LogP contribution in [0.15, 0.2) is 18.5 Å². The van der Waals surface area contributed by atoms with Gasteiger partial charge in [0.1, 0.15) is 0 Å². The summed E-state index contributed by atoms with van der Waals surface area (Å²) in [6, 6.07) is 2.06. The van der Waals surface area contributed by atoms with E-state index in [0.29, 0.717) is 6.54 Å². The second-order valence-electron chi connectivity index (χ2n) is 4.57. The number of aromatic nitrogens is 1. The molecule has 0 amide bonds. The van der Waals surface area contributed by atoms with E-state index in [1.807, 2.05) is 6.07 Å². The monoisotopic (exact) mass is 253 g/mol. The van der Waals surface area contributed by atoms with Gasteiger partial charge in [-0.15, -0.1) is 0 Å². The van der Waals surface area contributed by atoms with E-state index in [0.717, 1.165) is 24.3 Å². The summed E-state index contributed by atoms with van der Waals surface area (Å²) in [5.74, 6) is 0.529. The number of rotatable bonds is 0. The predicted octanol–water partition coefficient (Wildman–Crippen LogP) is 0.501. The van der Waals surface area contributed by atoms with E-state index >= 15 is 0 Å². The molecule has 1 saturated heterocycles. The lowest BCUT2D eigenvalue weighted by Gasteiger charge is -2.36. The van der Waals surface area contributed by atoms with Gasteiger partial charge in [-0.2, -0.15) is 0 Å². The summed E-state index contributed by atoms with van der Waals surface area (Å²) in [6.45, 7) is 1.39. The van der Waals surface area contributed by atoms with Crippen molar-refractivity contribution in [2.24, 2.45) is 0 Å². The lowest BCUT2D eigenvalue weighted by atomic mass is 10.2. The summed E-state index contributed by atoms with van der Waals surface area (Å²) >= 11 is 0. The molecule has 92 valence electrons. The number of sulfone groups is 1. The molecule has 0 radical (unpaired) electrons. The second-order valence-corrected chi connectivity index (χ2v) is 6.80. The Labute approximate surface area is 101 Å². The molecular formula is C11H15N3O2S. The molecule has 5 nitrogen and oxygen atoms in total. The van der Waals surface area contributed by atoms with Crippen LogP contribution in [0.3, 0.4) is 0 Å². The standard InChI is InChI=1S/C11H15N3O2S/c15-17(16)6-5-14-9(8-17)1-4-13-10-7-12-3-2-11(10)14/h2-3,7,9,13H,1,4-6,8H2. The van der Waals surface area contributed by atoms with Crippen molar-refractivity contribution in [3.63, 3.8) is 0 Å². The molecule has 1 N–H and O–H groups in total. The highest BCUT2D eigenvalue weighted by atomic mass is 32.2. The van der Waals surface area contributed by atoms with E-state index in [1.165, 1.54) is 0 Å². The van der Waals surface area contributed by atoms with Crippen LogP contribution in [0.4, 0.5) is 11.4 Å². The molecule has 0 bridgehead atoms. The van der Waals surface area contributed by atoms with Crippen molar-refractivity contribution in [3.05, 3.63) is 18.5 Å². The molecule has 2 aliphatic rings. The predicted molar refractivity (Wildman–Crippen MR) is 67.1 cm³/mol. The number of nitrogens with one attached hydrogen (secondary N) is 1. The number of hydrogen-bond donors (Lipinski definition) is 1. The van der Waals surface area contributed by atoms with Gasteiger partial charge in [0.25, 0.3) is 0 Å². The third-order valence-electron chi connectivity index (χ3n) is 3.43. The average molecular weight is 253 g/mol. The van der Waals surface area contributed by atoms with Gasteiger partial charge >= 0.3 is 0 Å².